The van der Waals surface area contributed by atoms with Gasteiger partial charge in [0.1, 0.15) is 5.76 Å². The lowest BCUT2D eigenvalue weighted by Crippen LogP contribution is -2.61. The maximum absolute atomic E-state index is 12.3. The number of urea groups is 1. The lowest BCUT2D eigenvalue weighted by molar-refractivity contribution is 0.0804. The summed E-state index contributed by atoms with van der Waals surface area (Å²) < 4.78 is 5.30. The van der Waals surface area contributed by atoms with Gasteiger partial charge in [0.2, 0.25) is 0 Å². The molecule has 1 aromatic heterocycles. The maximum atomic E-state index is 12.3. The Labute approximate surface area is 100 Å². The summed E-state index contributed by atoms with van der Waals surface area (Å²) >= 11 is 0. The molecule has 2 aliphatic rings. The molecule has 0 saturated carbocycles. The lowest BCUT2D eigenvalue weighted by atomic mass is 10.1. The van der Waals surface area contributed by atoms with Crippen LogP contribution in [-0.4, -0.2) is 48.1 Å². The van der Waals surface area contributed by atoms with Crippen molar-refractivity contribution in [2.24, 2.45) is 0 Å². The highest BCUT2D eigenvalue weighted by Crippen LogP contribution is 2.19. The molecule has 1 unspecified atom stereocenters. The summed E-state index contributed by atoms with van der Waals surface area (Å²) in [7, 11) is 0. The predicted molar refractivity (Wildman–Crippen MR) is 62.5 cm³/mol. The SMILES string of the molecule is O=C1N(Cc2ccco2)CCC2CNCCN12. The van der Waals surface area contributed by atoms with E-state index in [2.05, 4.69) is 5.32 Å². The molecule has 3 heterocycles. The molecule has 2 fully saturated rings. The standard InChI is InChI=1S/C12H17N3O2/c16-12-14(9-11-2-1-7-17-11)5-3-10-8-13-4-6-15(10)12/h1-2,7,10,13H,3-6,8-9H2. The minimum absolute atomic E-state index is 0.152. The Bertz CT molecular complexity index is 390. The van der Waals surface area contributed by atoms with Crippen molar-refractivity contribution in [2.75, 3.05) is 26.2 Å². The van der Waals surface area contributed by atoms with Crippen molar-refractivity contribution in [3.8, 4) is 0 Å². The number of amides is 2. The van der Waals surface area contributed by atoms with E-state index in [-0.39, 0.29) is 6.03 Å². The van der Waals surface area contributed by atoms with Crippen LogP contribution >= 0.6 is 0 Å². The zero-order valence-electron chi connectivity index (χ0n) is 9.76. The van der Waals surface area contributed by atoms with Crippen LogP contribution in [0.25, 0.3) is 0 Å². The van der Waals surface area contributed by atoms with Crippen LogP contribution in [-0.2, 0) is 6.54 Å². The Hall–Kier alpha value is -1.49. The smallest absolute Gasteiger partial charge is 0.320 e. The van der Waals surface area contributed by atoms with Crippen molar-refractivity contribution in [2.45, 2.75) is 19.0 Å². The van der Waals surface area contributed by atoms with Gasteiger partial charge in [-0.1, -0.05) is 0 Å². The molecule has 1 aromatic rings. The average molecular weight is 235 g/mol. The van der Waals surface area contributed by atoms with E-state index in [9.17, 15) is 4.79 Å². The molecule has 0 aliphatic carbocycles. The molecule has 0 aromatic carbocycles. The van der Waals surface area contributed by atoms with Crippen LogP contribution in [0.3, 0.4) is 0 Å². The van der Waals surface area contributed by atoms with Crippen LogP contribution < -0.4 is 5.32 Å². The summed E-state index contributed by atoms with van der Waals surface area (Å²) in [5.74, 6) is 0.854. The van der Waals surface area contributed by atoms with E-state index < -0.39 is 0 Å². The summed E-state index contributed by atoms with van der Waals surface area (Å²) in [5, 5.41) is 3.33. The molecule has 17 heavy (non-hydrogen) atoms. The van der Waals surface area contributed by atoms with E-state index in [4.69, 9.17) is 4.42 Å². The number of rotatable bonds is 2. The van der Waals surface area contributed by atoms with Gasteiger partial charge in [0.05, 0.1) is 12.8 Å². The quantitative estimate of drug-likeness (QED) is 0.827. The fourth-order valence-electron chi connectivity index (χ4n) is 2.59. The van der Waals surface area contributed by atoms with Crippen molar-refractivity contribution in [1.29, 1.82) is 0 Å². The van der Waals surface area contributed by atoms with E-state index >= 15 is 0 Å². The monoisotopic (exact) mass is 235 g/mol. The zero-order valence-corrected chi connectivity index (χ0v) is 9.76. The van der Waals surface area contributed by atoms with Crippen molar-refractivity contribution in [3.63, 3.8) is 0 Å². The van der Waals surface area contributed by atoms with E-state index in [0.717, 1.165) is 38.4 Å². The molecule has 5 nitrogen and oxygen atoms in total. The van der Waals surface area contributed by atoms with Gasteiger partial charge in [-0.2, -0.15) is 0 Å². The Morgan fingerprint density at radius 1 is 1.47 bits per heavy atom. The van der Waals surface area contributed by atoms with Crippen molar-refractivity contribution < 1.29 is 9.21 Å². The summed E-state index contributed by atoms with van der Waals surface area (Å²) in [6.07, 6.45) is 2.69. The van der Waals surface area contributed by atoms with Crippen LogP contribution in [0.4, 0.5) is 4.79 Å². The molecule has 92 valence electrons. The molecule has 5 heteroatoms. The summed E-state index contributed by atoms with van der Waals surface area (Å²) in [5.41, 5.74) is 0. The Morgan fingerprint density at radius 3 is 3.24 bits per heavy atom. The van der Waals surface area contributed by atoms with Crippen LogP contribution in [0, 0.1) is 0 Å². The summed E-state index contributed by atoms with van der Waals surface area (Å²) in [4.78, 5) is 16.1. The lowest BCUT2D eigenvalue weighted by Gasteiger charge is -2.44. The first-order valence-electron chi connectivity index (χ1n) is 6.13. The number of furan rings is 1. The number of hydrogen-bond donors (Lipinski definition) is 1. The average Bonchev–Trinajstić information content (AvgIpc) is 2.86. The molecule has 2 aliphatic heterocycles. The molecule has 0 spiro atoms. The van der Waals surface area contributed by atoms with Gasteiger partial charge in [0.15, 0.2) is 0 Å². The van der Waals surface area contributed by atoms with Gasteiger partial charge in [-0.05, 0) is 18.6 Å². The minimum atomic E-state index is 0.152. The van der Waals surface area contributed by atoms with Gasteiger partial charge in [0.25, 0.3) is 0 Å². The third-order valence-corrected chi connectivity index (χ3v) is 3.53. The first-order valence-corrected chi connectivity index (χ1v) is 6.13. The van der Waals surface area contributed by atoms with E-state index in [1.54, 1.807) is 6.26 Å². The Kier molecular flexibility index (Phi) is 2.76. The molecule has 1 N–H and O–H groups in total. The first-order chi connectivity index (χ1) is 8.34. The number of nitrogens with one attached hydrogen (secondary N) is 1. The van der Waals surface area contributed by atoms with Crippen LogP contribution in [0.15, 0.2) is 22.8 Å². The molecule has 0 radical (unpaired) electrons. The van der Waals surface area contributed by atoms with Crippen molar-refractivity contribution in [1.82, 2.24) is 15.1 Å². The normalized spacial score (nSPS) is 24.9. The second-order valence-corrected chi connectivity index (χ2v) is 4.62. The van der Waals surface area contributed by atoms with Gasteiger partial charge in [-0.25, -0.2) is 4.79 Å². The van der Waals surface area contributed by atoms with Crippen LogP contribution in [0.5, 0.6) is 0 Å². The second kappa shape index (κ2) is 4.41. The Balaban J connectivity index is 1.69. The number of nitrogens with zero attached hydrogens (tertiary/aromatic N) is 2. The fraction of sp³-hybridized carbons (Fsp3) is 0.583. The maximum Gasteiger partial charge on any atom is 0.320 e. The number of carbonyl (C=O) groups is 1. The van der Waals surface area contributed by atoms with Gasteiger partial charge in [-0.15, -0.1) is 0 Å². The fourth-order valence-corrected chi connectivity index (χ4v) is 2.59. The third kappa shape index (κ3) is 2.02. The van der Waals surface area contributed by atoms with E-state index in [1.807, 2.05) is 21.9 Å². The third-order valence-electron chi connectivity index (χ3n) is 3.53. The van der Waals surface area contributed by atoms with Gasteiger partial charge < -0.3 is 19.5 Å². The zero-order chi connectivity index (χ0) is 11.7. The number of fused-ring (bicyclic) bond motifs is 1. The molecule has 2 amide bonds. The Morgan fingerprint density at radius 2 is 2.41 bits per heavy atom. The largest absolute Gasteiger partial charge is 0.467 e. The minimum Gasteiger partial charge on any atom is -0.467 e. The van der Waals surface area contributed by atoms with Crippen molar-refractivity contribution in [3.05, 3.63) is 24.2 Å². The van der Waals surface area contributed by atoms with Crippen molar-refractivity contribution >= 4 is 6.03 Å². The second-order valence-electron chi connectivity index (χ2n) is 4.62. The molecule has 2 saturated heterocycles. The molecular weight excluding hydrogens is 218 g/mol. The number of hydrogen-bond acceptors (Lipinski definition) is 3. The van der Waals surface area contributed by atoms with Crippen LogP contribution in [0.2, 0.25) is 0 Å². The topological polar surface area (TPSA) is 48.7 Å². The number of carbonyl (C=O) groups excluding carboxylic acids is 1. The van der Waals surface area contributed by atoms with Gasteiger partial charge in [-0.3, -0.25) is 0 Å². The van der Waals surface area contributed by atoms with Crippen LogP contribution in [0.1, 0.15) is 12.2 Å². The van der Waals surface area contributed by atoms with E-state index in [0.29, 0.717) is 12.6 Å². The molecule has 3 rings (SSSR count). The molecule has 0 bridgehead atoms. The van der Waals surface area contributed by atoms with E-state index in [1.165, 1.54) is 0 Å². The number of piperazine rings is 1. The highest BCUT2D eigenvalue weighted by Gasteiger charge is 2.34. The molecular formula is C12H17N3O2. The van der Waals surface area contributed by atoms with Gasteiger partial charge in [0, 0.05) is 32.2 Å². The highest BCUT2D eigenvalue weighted by atomic mass is 16.3. The van der Waals surface area contributed by atoms with Gasteiger partial charge >= 0.3 is 6.03 Å². The first kappa shape index (κ1) is 10.7. The summed E-state index contributed by atoms with van der Waals surface area (Å²) in [6.45, 7) is 4.06. The molecule has 1 atom stereocenters. The summed E-state index contributed by atoms with van der Waals surface area (Å²) in [6, 6.07) is 4.30. The predicted octanol–water partition coefficient (Wildman–Crippen LogP) is 0.879. The highest BCUT2D eigenvalue weighted by molar-refractivity contribution is 5.75.